The highest BCUT2D eigenvalue weighted by Crippen LogP contribution is 2.40. The summed E-state index contributed by atoms with van der Waals surface area (Å²) >= 11 is 0. The number of hydrogen-bond donors (Lipinski definition) is 2. The van der Waals surface area contributed by atoms with Crippen LogP contribution in [0.25, 0.3) is 11.0 Å². The lowest BCUT2D eigenvalue weighted by Gasteiger charge is -2.44. The quantitative estimate of drug-likeness (QED) is 0.757. The van der Waals surface area contributed by atoms with Gasteiger partial charge in [0.05, 0.1) is 11.6 Å². The fourth-order valence-electron chi connectivity index (χ4n) is 3.44. The monoisotopic (exact) mass is 289 g/mol. The Morgan fingerprint density at radius 1 is 1.43 bits per heavy atom. The zero-order chi connectivity index (χ0) is 14.8. The molecule has 0 saturated carbocycles. The van der Waals surface area contributed by atoms with Crippen LogP contribution in [0.15, 0.2) is 0 Å². The van der Waals surface area contributed by atoms with Gasteiger partial charge in [-0.25, -0.2) is 9.97 Å². The lowest BCUT2D eigenvalue weighted by atomic mass is 9.88. The maximum atomic E-state index is 10.5. The summed E-state index contributed by atoms with van der Waals surface area (Å²) in [5.41, 5.74) is -0.0270. The van der Waals surface area contributed by atoms with Gasteiger partial charge in [0.1, 0.15) is 23.1 Å². The van der Waals surface area contributed by atoms with Gasteiger partial charge in [0, 0.05) is 6.54 Å². The first-order chi connectivity index (χ1) is 9.94. The van der Waals surface area contributed by atoms with Gasteiger partial charge in [0.2, 0.25) is 5.88 Å². The van der Waals surface area contributed by atoms with E-state index in [9.17, 15) is 5.11 Å². The second kappa shape index (κ2) is 4.07. The first-order valence-electron chi connectivity index (χ1n) is 7.33. The van der Waals surface area contributed by atoms with E-state index in [0.29, 0.717) is 23.9 Å². The minimum Gasteiger partial charge on any atom is -0.471 e. The maximum Gasteiger partial charge on any atom is 0.246 e. The lowest BCUT2D eigenvalue weighted by molar-refractivity contribution is 0.0242. The van der Waals surface area contributed by atoms with Crippen LogP contribution in [0, 0.1) is 6.92 Å². The second-order valence-corrected chi connectivity index (χ2v) is 6.40. The third kappa shape index (κ3) is 1.87. The first-order valence-corrected chi connectivity index (χ1v) is 7.33. The van der Waals surface area contributed by atoms with Crippen LogP contribution < -0.4 is 9.64 Å². The molecular formula is C14H19N5O2. The summed E-state index contributed by atoms with van der Waals surface area (Å²) in [5.74, 6) is 2.06. The van der Waals surface area contributed by atoms with Crippen LogP contribution in [-0.2, 0) is 0 Å². The van der Waals surface area contributed by atoms with Crippen molar-refractivity contribution in [1.29, 1.82) is 0 Å². The highest BCUT2D eigenvalue weighted by atomic mass is 16.5. The molecular weight excluding hydrogens is 270 g/mol. The van der Waals surface area contributed by atoms with Crippen LogP contribution in [0.3, 0.4) is 0 Å². The molecule has 7 heteroatoms. The van der Waals surface area contributed by atoms with Crippen molar-refractivity contribution in [3.63, 3.8) is 0 Å². The van der Waals surface area contributed by atoms with Gasteiger partial charge in [-0.3, -0.25) is 5.10 Å². The number of aromatic nitrogens is 4. The molecule has 0 amide bonds. The highest BCUT2D eigenvalue weighted by Gasteiger charge is 2.42. The number of ether oxygens (including phenoxy) is 1. The Balaban J connectivity index is 1.95. The van der Waals surface area contributed by atoms with Crippen molar-refractivity contribution in [2.75, 3.05) is 11.4 Å². The molecule has 2 N–H and O–H groups in total. The summed E-state index contributed by atoms with van der Waals surface area (Å²) < 4.78 is 6.00. The van der Waals surface area contributed by atoms with E-state index >= 15 is 0 Å². The van der Waals surface area contributed by atoms with Crippen molar-refractivity contribution in [2.24, 2.45) is 0 Å². The van der Waals surface area contributed by atoms with Crippen LogP contribution in [0.4, 0.5) is 5.82 Å². The molecule has 0 radical (unpaired) electrons. The number of aryl methyl sites for hydroxylation is 1. The molecule has 2 aromatic heterocycles. The van der Waals surface area contributed by atoms with E-state index in [0.717, 1.165) is 24.0 Å². The summed E-state index contributed by atoms with van der Waals surface area (Å²) in [6.45, 7) is 6.33. The molecule has 0 bridgehead atoms. The Morgan fingerprint density at radius 2 is 2.24 bits per heavy atom. The third-order valence-corrected chi connectivity index (χ3v) is 4.48. The molecule has 3 atom stereocenters. The molecule has 112 valence electrons. The van der Waals surface area contributed by atoms with E-state index in [1.807, 2.05) is 20.8 Å². The van der Waals surface area contributed by atoms with E-state index < -0.39 is 5.60 Å². The minimum absolute atomic E-state index is 0.0119. The van der Waals surface area contributed by atoms with Gasteiger partial charge in [0.25, 0.3) is 0 Å². The number of nitrogens with zero attached hydrogens (tertiary/aromatic N) is 4. The summed E-state index contributed by atoms with van der Waals surface area (Å²) in [7, 11) is 0. The summed E-state index contributed by atoms with van der Waals surface area (Å²) in [6.07, 6.45) is 1.62. The average molecular weight is 289 g/mol. The molecule has 0 aromatic carbocycles. The summed E-state index contributed by atoms with van der Waals surface area (Å²) in [4.78, 5) is 11.2. The van der Waals surface area contributed by atoms with Crippen molar-refractivity contribution in [3.8, 4) is 5.88 Å². The van der Waals surface area contributed by atoms with Crippen molar-refractivity contribution in [3.05, 3.63) is 5.82 Å². The first kappa shape index (κ1) is 12.8. The molecule has 2 aliphatic heterocycles. The smallest absolute Gasteiger partial charge is 0.246 e. The largest absolute Gasteiger partial charge is 0.471 e. The number of anilines is 1. The SMILES string of the molecule is Cc1nc2c3c(n[nH]c3n1)O[C@@H](C)C1CC[C@](C)(O)CN21. The molecule has 21 heavy (non-hydrogen) atoms. The number of hydrogen-bond acceptors (Lipinski definition) is 6. The Labute approximate surface area is 122 Å². The fourth-order valence-corrected chi connectivity index (χ4v) is 3.44. The average Bonchev–Trinajstić information content (AvgIpc) is 2.74. The van der Waals surface area contributed by atoms with Crippen molar-refractivity contribution in [2.45, 2.75) is 51.4 Å². The van der Waals surface area contributed by atoms with Gasteiger partial charge >= 0.3 is 0 Å². The van der Waals surface area contributed by atoms with Crippen LogP contribution in [-0.4, -0.2) is 49.6 Å². The molecule has 4 heterocycles. The molecule has 2 aliphatic rings. The molecule has 4 rings (SSSR count). The molecule has 1 fully saturated rings. The predicted octanol–water partition coefficient (Wildman–Crippen LogP) is 1.16. The number of rotatable bonds is 0. The Bertz CT molecular complexity index is 711. The van der Waals surface area contributed by atoms with Crippen LogP contribution in [0.5, 0.6) is 5.88 Å². The van der Waals surface area contributed by atoms with E-state index in [-0.39, 0.29) is 12.1 Å². The molecule has 2 aromatic rings. The molecule has 7 nitrogen and oxygen atoms in total. The van der Waals surface area contributed by atoms with Crippen LogP contribution >= 0.6 is 0 Å². The molecule has 0 spiro atoms. The van der Waals surface area contributed by atoms with Crippen molar-refractivity contribution < 1.29 is 9.84 Å². The standard InChI is InChI=1S/C14H19N5O2/c1-7-9-4-5-14(3,20)6-19(9)12-10-11(15-8(2)16-12)17-18-13(10)21-7/h7,9,20H,4-6H2,1-3H3,(H,15,16,17,18)/t7-,9?,14-/m0/s1. The Hall–Kier alpha value is -1.89. The number of aromatic amines is 1. The molecule has 1 saturated heterocycles. The number of fused-ring (bicyclic) bond motifs is 2. The molecule has 1 unspecified atom stereocenters. The molecule has 0 aliphatic carbocycles. The topological polar surface area (TPSA) is 87.2 Å². The van der Waals surface area contributed by atoms with Gasteiger partial charge in [-0.15, -0.1) is 5.10 Å². The van der Waals surface area contributed by atoms with Gasteiger partial charge in [-0.1, -0.05) is 0 Å². The number of nitrogens with one attached hydrogen (secondary N) is 1. The number of H-pyrrole nitrogens is 1. The van der Waals surface area contributed by atoms with E-state index in [1.54, 1.807) is 0 Å². The predicted molar refractivity (Wildman–Crippen MR) is 77.5 cm³/mol. The fraction of sp³-hybridized carbons (Fsp3) is 0.643. The Kier molecular flexibility index (Phi) is 2.48. The normalized spacial score (nSPS) is 31.7. The second-order valence-electron chi connectivity index (χ2n) is 6.40. The van der Waals surface area contributed by atoms with E-state index in [2.05, 4.69) is 25.1 Å². The minimum atomic E-state index is -0.713. The van der Waals surface area contributed by atoms with Crippen molar-refractivity contribution in [1.82, 2.24) is 20.2 Å². The number of piperidine rings is 1. The van der Waals surface area contributed by atoms with Crippen molar-refractivity contribution >= 4 is 16.9 Å². The summed E-state index contributed by atoms with van der Waals surface area (Å²) in [6, 6.07) is 0.192. The lowest BCUT2D eigenvalue weighted by Crippen LogP contribution is -2.55. The van der Waals surface area contributed by atoms with Crippen LogP contribution in [0.2, 0.25) is 0 Å². The zero-order valence-corrected chi connectivity index (χ0v) is 12.4. The Morgan fingerprint density at radius 3 is 3.05 bits per heavy atom. The van der Waals surface area contributed by atoms with Gasteiger partial charge in [-0.2, -0.15) is 0 Å². The van der Waals surface area contributed by atoms with Gasteiger partial charge in [0.15, 0.2) is 5.65 Å². The van der Waals surface area contributed by atoms with E-state index in [4.69, 9.17) is 4.74 Å². The zero-order valence-electron chi connectivity index (χ0n) is 12.4. The van der Waals surface area contributed by atoms with E-state index in [1.165, 1.54) is 0 Å². The maximum absolute atomic E-state index is 10.5. The highest BCUT2D eigenvalue weighted by molar-refractivity contribution is 5.92. The summed E-state index contributed by atoms with van der Waals surface area (Å²) in [5, 5.41) is 18.4. The van der Waals surface area contributed by atoms with Crippen LogP contribution in [0.1, 0.15) is 32.5 Å². The number of aliphatic hydroxyl groups is 1. The third-order valence-electron chi connectivity index (χ3n) is 4.48. The van der Waals surface area contributed by atoms with Gasteiger partial charge < -0.3 is 14.7 Å². The van der Waals surface area contributed by atoms with Gasteiger partial charge in [-0.05, 0) is 33.6 Å².